The van der Waals surface area contributed by atoms with E-state index in [0.717, 1.165) is 18.4 Å². The van der Waals surface area contributed by atoms with Crippen molar-refractivity contribution < 1.29 is 9.36 Å². The molecule has 3 nitrogen and oxygen atoms in total. The van der Waals surface area contributed by atoms with Crippen molar-refractivity contribution in [1.29, 1.82) is 0 Å². The number of hydrogen-bond donors (Lipinski definition) is 1. The number of imidazole rings is 1. The molecule has 286 valence electrons. The van der Waals surface area contributed by atoms with E-state index in [1.165, 1.54) is 217 Å². The minimum atomic E-state index is 0.205. The van der Waals surface area contributed by atoms with Crippen LogP contribution < -0.4 is 4.57 Å². The molecule has 0 bridgehead atoms. The number of carbonyl (C=O) groups is 1. The lowest BCUT2D eigenvalue weighted by atomic mass is 10.0. The summed E-state index contributed by atoms with van der Waals surface area (Å²) in [6, 6.07) is 9.81. The number of nitrogens with one attached hydrogen (secondary N) is 1. The smallest absolute Gasteiger partial charge is 0.254 e. The summed E-state index contributed by atoms with van der Waals surface area (Å²) in [4.78, 5) is 16.8. The lowest BCUT2D eigenvalue weighted by molar-refractivity contribution is -0.689. The van der Waals surface area contributed by atoms with Crippen LogP contribution in [-0.2, 0) is 19.4 Å². The predicted molar refractivity (Wildman–Crippen MR) is 218 cm³/mol. The van der Waals surface area contributed by atoms with Gasteiger partial charge in [0.1, 0.15) is 11.9 Å². The molecule has 2 aromatic rings. The van der Waals surface area contributed by atoms with Crippen LogP contribution in [0.1, 0.15) is 241 Å². The first-order valence-corrected chi connectivity index (χ1v) is 22.4. The van der Waals surface area contributed by atoms with Crippen LogP contribution in [0, 0.1) is 0 Å². The minimum Gasteiger partial charge on any atom is -0.290 e. The maximum Gasteiger partial charge on any atom is 0.254 e. The van der Waals surface area contributed by atoms with E-state index in [1.807, 2.05) is 30.3 Å². The Morgan fingerprint density at radius 3 is 1.18 bits per heavy atom. The van der Waals surface area contributed by atoms with Gasteiger partial charge in [-0.25, -0.2) is 9.55 Å². The molecule has 1 aromatic carbocycles. The van der Waals surface area contributed by atoms with Gasteiger partial charge in [-0.1, -0.05) is 237 Å². The number of carbonyl (C=O) groups excluding carboxylic acids is 1. The van der Waals surface area contributed by atoms with E-state index in [4.69, 9.17) is 0 Å². The van der Waals surface area contributed by atoms with Crippen LogP contribution in [0.25, 0.3) is 0 Å². The maximum absolute atomic E-state index is 13.1. The largest absolute Gasteiger partial charge is 0.290 e. The highest BCUT2D eigenvalue weighted by Gasteiger charge is 2.19. The summed E-state index contributed by atoms with van der Waals surface area (Å²) in [7, 11) is 0. The predicted octanol–water partition coefficient (Wildman–Crippen LogP) is 14.8. The van der Waals surface area contributed by atoms with Gasteiger partial charge in [-0.15, -0.1) is 0 Å². The molecule has 1 aromatic heterocycles. The Morgan fingerprint density at radius 1 is 0.460 bits per heavy atom. The van der Waals surface area contributed by atoms with E-state index in [0.29, 0.717) is 6.54 Å². The summed E-state index contributed by atoms with van der Waals surface area (Å²) in [5, 5.41) is 0. The molecule has 0 amide bonds. The van der Waals surface area contributed by atoms with Crippen LogP contribution in [-0.4, -0.2) is 10.8 Å². The normalized spacial score (nSPS) is 11.5. The number of aromatic amines is 1. The van der Waals surface area contributed by atoms with Gasteiger partial charge in [0.05, 0.1) is 0 Å². The van der Waals surface area contributed by atoms with Crippen molar-refractivity contribution in [2.75, 3.05) is 0 Å². The summed E-state index contributed by atoms with van der Waals surface area (Å²) in [5.41, 5.74) is 2.12. The van der Waals surface area contributed by atoms with Gasteiger partial charge >= 0.3 is 0 Å². The summed E-state index contributed by atoms with van der Waals surface area (Å²) >= 11 is 0. The number of hydrogen-bond acceptors (Lipinski definition) is 1. The standard InChI is InChI=1S/C47H82N2O/c1-3-5-7-9-11-13-15-17-19-21-23-25-27-29-31-36-40-45-42-49(43-46(50)44-38-34-33-35-39-44)47(48-45)41-37-32-30-28-26-24-22-20-18-16-14-12-10-8-6-4-2/h33-35,38-39,42H,3-32,36-37,40-41,43H2,1-2H3/p+1. The first-order chi connectivity index (χ1) is 24.7. The highest BCUT2D eigenvalue weighted by atomic mass is 16.1. The van der Waals surface area contributed by atoms with Crippen LogP contribution in [0.4, 0.5) is 0 Å². The molecule has 0 fully saturated rings. The second kappa shape index (κ2) is 33.0. The van der Waals surface area contributed by atoms with Gasteiger partial charge in [0.2, 0.25) is 5.78 Å². The first kappa shape index (κ1) is 44.3. The molecule has 0 aliphatic heterocycles. The lowest BCUT2D eigenvalue weighted by Gasteiger charge is -2.04. The van der Waals surface area contributed by atoms with Gasteiger partial charge in [0.25, 0.3) is 5.82 Å². The molecule has 0 unspecified atom stereocenters. The van der Waals surface area contributed by atoms with Crippen LogP contribution in [0.5, 0.6) is 0 Å². The van der Waals surface area contributed by atoms with Crippen molar-refractivity contribution in [1.82, 2.24) is 4.98 Å². The van der Waals surface area contributed by atoms with Crippen molar-refractivity contribution in [3.63, 3.8) is 0 Å². The Labute approximate surface area is 311 Å². The summed E-state index contributed by atoms with van der Waals surface area (Å²) in [5.74, 6) is 1.45. The number of rotatable bonds is 37. The molecule has 0 aliphatic carbocycles. The zero-order chi connectivity index (χ0) is 35.6. The van der Waals surface area contributed by atoms with Gasteiger partial charge in [0, 0.05) is 18.4 Å². The van der Waals surface area contributed by atoms with Crippen LogP contribution in [0.2, 0.25) is 0 Å². The Bertz CT molecular complexity index is 1010. The Kier molecular flexibility index (Phi) is 29.2. The molecular weight excluding hydrogens is 609 g/mol. The monoisotopic (exact) mass is 692 g/mol. The molecule has 0 radical (unpaired) electrons. The summed E-state index contributed by atoms with van der Waals surface area (Å²) < 4.78 is 2.22. The van der Waals surface area contributed by atoms with Gasteiger partial charge in [-0.05, 0) is 12.8 Å². The van der Waals surface area contributed by atoms with Crippen molar-refractivity contribution in [3.8, 4) is 0 Å². The number of nitrogens with zero attached hydrogens (tertiary/aromatic N) is 1. The average molecular weight is 692 g/mol. The molecule has 1 heterocycles. The van der Waals surface area contributed by atoms with Crippen LogP contribution >= 0.6 is 0 Å². The summed E-state index contributed by atoms with van der Waals surface area (Å²) in [6.45, 7) is 5.04. The van der Waals surface area contributed by atoms with E-state index in [9.17, 15) is 4.79 Å². The molecule has 50 heavy (non-hydrogen) atoms. The molecule has 0 saturated heterocycles. The number of aromatic nitrogens is 2. The van der Waals surface area contributed by atoms with E-state index in [1.54, 1.807) is 0 Å². The summed E-state index contributed by atoms with van der Waals surface area (Å²) in [6.07, 6.45) is 49.2. The second-order valence-electron chi connectivity index (χ2n) is 15.7. The lowest BCUT2D eigenvalue weighted by Crippen LogP contribution is -2.40. The van der Waals surface area contributed by atoms with Gasteiger partial charge in [0.15, 0.2) is 6.54 Å². The zero-order valence-corrected chi connectivity index (χ0v) is 33.6. The van der Waals surface area contributed by atoms with E-state index in [2.05, 4.69) is 29.6 Å². The van der Waals surface area contributed by atoms with Crippen molar-refractivity contribution in [2.45, 2.75) is 239 Å². The van der Waals surface area contributed by atoms with Crippen molar-refractivity contribution in [2.24, 2.45) is 0 Å². The third kappa shape index (κ3) is 24.3. The number of aryl methyl sites for hydroxylation is 2. The number of Topliss-reactive ketones (excluding diaryl/α,β-unsaturated/α-hetero) is 1. The maximum atomic E-state index is 13.1. The Hall–Kier alpha value is -1.90. The molecule has 0 aliphatic rings. The molecule has 0 atom stereocenters. The zero-order valence-electron chi connectivity index (χ0n) is 33.6. The van der Waals surface area contributed by atoms with Crippen LogP contribution in [0.15, 0.2) is 36.5 Å². The van der Waals surface area contributed by atoms with Gasteiger partial charge in [-0.3, -0.25) is 4.79 Å². The quantitative estimate of drug-likeness (QED) is 0.0427. The molecule has 0 saturated carbocycles. The number of benzene rings is 1. The van der Waals surface area contributed by atoms with Gasteiger partial charge in [-0.2, -0.15) is 0 Å². The molecule has 1 N–H and O–H groups in total. The minimum absolute atomic E-state index is 0.205. The second-order valence-corrected chi connectivity index (χ2v) is 15.7. The molecule has 0 spiro atoms. The molecular formula is C47H83N2O+. The van der Waals surface area contributed by atoms with Crippen molar-refractivity contribution >= 4 is 5.78 Å². The SMILES string of the molecule is CCCCCCCCCCCCCCCCCCc1c[n+](CC(=O)c2ccccc2)c(CCCCCCCCCCCCCCCCCC)[nH]1. The van der Waals surface area contributed by atoms with E-state index >= 15 is 0 Å². The number of ketones is 1. The number of unbranched alkanes of at least 4 members (excludes halogenated alkanes) is 30. The average Bonchev–Trinajstić information content (AvgIpc) is 3.52. The fraction of sp³-hybridized carbons (Fsp3) is 0.787. The van der Waals surface area contributed by atoms with E-state index in [-0.39, 0.29) is 5.78 Å². The Balaban J connectivity index is 1.57. The third-order valence-corrected chi connectivity index (χ3v) is 10.9. The number of H-pyrrole nitrogens is 1. The Morgan fingerprint density at radius 2 is 0.800 bits per heavy atom. The topological polar surface area (TPSA) is 36.7 Å². The highest BCUT2D eigenvalue weighted by Crippen LogP contribution is 2.16. The molecule has 3 heteroatoms. The molecule has 2 rings (SSSR count). The van der Waals surface area contributed by atoms with Crippen molar-refractivity contribution in [3.05, 3.63) is 53.6 Å². The first-order valence-electron chi connectivity index (χ1n) is 22.4. The van der Waals surface area contributed by atoms with Crippen LogP contribution in [0.3, 0.4) is 0 Å². The van der Waals surface area contributed by atoms with Gasteiger partial charge < -0.3 is 0 Å². The fourth-order valence-electron chi connectivity index (χ4n) is 7.60. The highest BCUT2D eigenvalue weighted by molar-refractivity contribution is 5.94. The third-order valence-electron chi connectivity index (χ3n) is 10.9. The fourth-order valence-corrected chi connectivity index (χ4v) is 7.60. The van der Waals surface area contributed by atoms with E-state index < -0.39 is 0 Å².